The predicted molar refractivity (Wildman–Crippen MR) is 130 cm³/mol. The lowest BCUT2D eigenvalue weighted by Gasteiger charge is -2.15. The Morgan fingerprint density at radius 1 is 0.947 bits per heavy atom. The van der Waals surface area contributed by atoms with E-state index in [9.17, 15) is 23.1 Å². The van der Waals surface area contributed by atoms with Crippen LogP contribution in [0.4, 0.5) is 17.6 Å². The highest BCUT2D eigenvalue weighted by Crippen LogP contribution is 2.35. The molecular formula is C27H20F4N4O3. The number of aromatic nitrogens is 4. The summed E-state index contributed by atoms with van der Waals surface area (Å²) in [5.74, 6) is -6.68. The van der Waals surface area contributed by atoms with Crippen LogP contribution in [-0.4, -0.2) is 31.2 Å². The highest BCUT2D eigenvalue weighted by Gasteiger charge is 2.25. The summed E-state index contributed by atoms with van der Waals surface area (Å²) in [5.41, 5.74) is 0.372. The molecule has 38 heavy (non-hydrogen) atoms. The molecule has 0 aliphatic carbocycles. The topological polar surface area (TPSA) is 104 Å². The van der Waals surface area contributed by atoms with Gasteiger partial charge in [0.2, 0.25) is 0 Å². The number of rotatable bonds is 7. The highest BCUT2D eigenvalue weighted by atomic mass is 19.1. The fourth-order valence-electron chi connectivity index (χ4n) is 4.18. The van der Waals surface area contributed by atoms with Crippen LogP contribution in [0.1, 0.15) is 42.6 Å². The van der Waals surface area contributed by atoms with Gasteiger partial charge in [-0.2, -0.15) is 0 Å². The lowest BCUT2D eigenvalue weighted by atomic mass is 9.92. The van der Waals surface area contributed by atoms with Crippen LogP contribution in [0.25, 0.3) is 22.3 Å². The standard InChI is InChI=1S/C27H20F4N4O3/c1-12(15-4-3-5-16(22(15)30)13(2)27(36)37)25-33-26(35-34-25)18-10-14(6-7-19(18)28)38-24-20(29)11-21-17(23(24)31)8-9-32-21/h3-13,32H,1-2H3,(H,36,37)(H,33,34,35). The lowest BCUT2D eigenvalue weighted by Crippen LogP contribution is -2.12. The molecule has 194 valence electrons. The molecule has 2 aromatic heterocycles. The minimum atomic E-state index is -1.17. The van der Waals surface area contributed by atoms with Gasteiger partial charge in [-0.15, -0.1) is 10.2 Å². The minimum absolute atomic E-state index is 0.0210. The normalized spacial score (nSPS) is 13.0. The average molecular weight is 524 g/mol. The summed E-state index contributed by atoms with van der Waals surface area (Å²) in [7, 11) is 0. The minimum Gasteiger partial charge on any atom is -0.481 e. The zero-order valence-corrected chi connectivity index (χ0v) is 20.0. The second-order valence-electron chi connectivity index (χ2n) is 8.78. The number of hydrogen-bond acceptors (Lipinski definition) is 4. The number of carbonyl (C=O) groups is 1. The Hall–Kier alpha value is -4.67. The van der Waals surface area contributed by atoms with Gasteiger partial charge >= 0.3 is 5.97 Å². The van der Waals surface area contributed by atoms with Gasteiger partial charge in [0.05, 0.1) is 17.0 Å². The molecule has 0 spiro atoms. The van der Waals surface area contributed by atoms with Crippen LogP contribution in [0.15, 0.2) is 54.7 Å². The maximum absolute atomic E-state index is 15.1. The Balaban J connectivity index is 1.45. The molecule has 0 amide bonds. The number of nitrogens with one attached hydrogen (secondary N) is 2. The summed E-state index contributed by atoms with van der Waals surface area (Å²) in [6.07, 6.45) is 1.46. The largest absolute Gasteiger partial charge is 0.481 e. The quantitative estimate of drug-likeness (QED) is 0.207. The zero-order valence-electron chi connectivity index (χ0n) is 20.0. The first kappa shape index (κ1) is 25.0. The predicted octanol–water partition coefficient (Wildman–Crippen LogP) is 6.64. The van der Waals surface area contributed by atoms with Crippen LogP contribution in [0, 0.1) is 23.3 Å². The summed E-state index contributed by atoms with van der Waals surface area (Å²) >= 11 is 0. The van der Waals surface area contributed by atoms with Crippen molar-refractivity contribution in [1.82, 2.24) is 20.2 Å². The molecule has 2 heterocycles. The molecule has 0 radical (unpaired) electrons. The average Bonchev–Trinajstić information content (AvgIpc) is 3.57. The van der Waals surface area contributed by atoms with E-state index >= 15 is 4.39 Å². The van der Waals surface area contributed by atoms with E-state index in [2.05, 4.69) is 20.2 Å². The first-order chi connectivity index (χ1) is 18.2. The third-order valence-electron chi connectivity index (χ3n) is 6.39. The van der Waals surface area contributed by atoms with Gasteiger partial charge < -0.3 is 19.8 Å². The molecule has 0 fully saturated rings. The van der Waals surface area contributed by atoms with Gasteiger partial charge in [0, 0.05) is 29.1 Å². The molecule has 11 heteroatoms. The summed E-state index contributed by atoms with van der Waals surface area (Å²) in [5, 5.41) is 17.4. The fourth-order valence-corrected chi connectivity index (χ4v) is 4.18. The van der Waals surface area contributed by atoms with Crippen molar-refractivity contribution in [2.24, 2.45) is 0 Å². The molecule has 0 aliphatic rings. The molecule has 7 nitrogen and oxygen atoms in total. The van der Waals surface area contributed by atoms with E-state index in [0.29, 0.717) is 0 Å². The maximum Gasteiger partial charge on any atom is 0.310 e. The molecule has 0 aliphatic heterocycles. The second kappa shape index (κ2) is 9.66. The van der Waals surface area contributed by atoms with Crippen LogP contribution in [0.3, 0.4) is 0 Å². The highest BCUT2D eigenvalue weighted by molar-refractivity contribution is 5.82. The number of halogens is 4. The Morgan fingerprint density at radius 2 is 1.71 bits per heavy atom. The van der Waals surface area contributed by atoms with Crippen LogP contribution in [-0.2, 0) is 4.79 Å². The summed E-state index contributed by atoms with van der Waals surface area (Å²) < 4.78 is 64.6. The number of ether oxygens (including phenoxy) is 1. The third kappa shape index (κ3) is 4.36. The Morgan fingerprint density at radius 3 is 2.47 bits per heavy atom. The van der Waals surface area contributed by atoms with Gasteiger partial charge in [0.25, 0.3) is 0 Å². The number of aliphatic carboxylic acids is 1. The maximum atomic E-state index is 15.1. The van der Waals surface area contributed by atoms with Gasteiger partial charge in [-0.05, 0) is 36.8 Å². The van der Waals surface area contributed by atoms with Gasteiger partial charge in [0.1, 0.15) is 23.2 Å². The van der Waals surface area contributed by atoms with Crippen molar-refractivity contribution < 1.29 is 32.2 Å². The number of nitrogens with zero attached hydrogens (tertiary/aromatic N) is 2. The Labute approximate surface area is 213 Å². The lowest BCUT2D eigenvalue weighted by molar-refractivity contribution is -0.138. The molecule has 2 atom stereocenters. The number of carboxylic acid groups (broad SMARTS) is 1. The fraction of sp³-hybridized carbons (Fsp3) is 0.148. The summed E-state index contributed by atoms with van der Waals surface area (Å²) in [4.78, 5) is 16.9. The molecule has 0 bridgehead atoms. The van der Waals surface area contributed by atoms with Gasteiger partial charge in [-0.3, -0.25) is 4.79 Å². The summed E-state index contributed by atoms with van der Waals surface area (Å²) in [6, 6.07) is 10.4. The van der Waals surface area contributed by atoms with Crippen molar-refractivity contribution in [1.29, 1.82) is 0 Å². The monoisotopic (exact) mass is 524 g/mol. The van der Waals surface area contributed by atoms with Gasteiger partial charge in [0.15, 0.2) is 23.2 Å². The van der Waals surface area contributed by atoms with Crippen LogP contribution >= 0.6 is 0 Å². The number of carboxylic acids is 1. The van der Waals surface area contributed by atoms with E-state index in [1.54, 1.807) is 13.0 Å². The summed E-state index contributed by atoms with van der Waals surface area (Å²) in [6.45, 7) is 3.02. The van der Waals surface area contributed by atoms with E-state index < -0.39 is 46.8 Å². The number of H-pyrrole nitrogens is 2. The van der Waals surface area contributed by atoms with E-state index in [-0.39, 0.29) is 45.0 Å². The SMILES string of the molecule is CC(C(=O)O)c1cccc(C(C)c2nnc(-c3cc(Oc4c(F)cc5[nH]ccc5c4F)ccc3F)[nH]2)c1F. The molecule has 3 aromatic carbocycles. The van der Waals surface area contributed by atoms with Crippen molar-refractivity contribution in [3.05, 3.63) is 94.9 Å². The molecule has 5 rings (SSSR count). The van der Waals surface area contributed by atoms with Crippen molar-refractivity contribution in [2.75, 3.05) is 0 Å². The van der Waals surface area contributed by atoms with E-state index in [1.807, 2.05) is 0 Å². The van der Waals surface area contributed by atoms with Crippen molar-refractivity contribution in [3.8, 4) is 22.9 Å². The van der Waals surface area contributed by atoms with E-state index in [1.165, 1.54) is 43.5 Å². The molecule has 0 saturated carbocycles. The smallest absolute Gasteiger partial charge is 0.310 e. The zero-order chi connectivity index (χ0) is 27.1. The van der Waals surface area contributed by atoms with E-state index in [0.717, 1.165) is 12.1 Å². The molecule has 3 N–H and O–H groups in total. The first-order valence-electron chi connectivity index (χ1n) is 11.5. The number of benzene rings is 3. The van der Waals surface area contributed by atoms with Gasteiger partial charge in [-0.1, -0.05) is 25.1 Å². The van der Waals surface area contributed by atoms with Crippen LogP contribution in [0.5, 0.6) is 11.5 Å². The molecule has 5 aromatic rings. The Kier molecular flexibility index (Phi) is 6.35. The number of hydrogen-bond donors (Lipinski definition) is 3. The van der Waals surface area contributed by atoms with Gasteiger partial charge in [-0.25, -0.2) is 17.6 Å². The van der Waals surface area contributed by atoms with E-state index in [4.69, 9.17) is 4.74 Å². The first-order valence-corrected chi connectivity index (χ1v) is 11.5. The number of fused-ring (bicyclic) bond motifs is 1. The van der Waals surface area contributed by atoms with Crippen LogP contribution in [0.2, 0.25) is 0 Å². The molecule has 2 unspecified atom stereocenters. The van der Waals surface area contributed by atoms with Crippen molar-refractivity contribution in [2.45, 2.75) is 25.7 Å². The number of aromatic amines is 2. The van der Waals surface area contributed by atoms with Crippen molar-refractivity contribution >= 4 is 16.9 Å². The van der Waals surface area contributed by atoms with Crippen molar-refractivity contribution in [3.63, 3.8) is 0 Å². The molecule has 0 saturated heterocycles. The Bertz CT molecular complexity index is 1680. The third-order valence-corrected chi connectivity index (χ3v) is 6.39. The second-order valence-corrected chi connectivity index (χ2v) is 8.78. The van der Waals surface area contributed by atoms with Crippen LogP contribution < -0.4 is 4.74 Å². The molecular weight excluding hydrogens is 504 g/mol.